The predicted molar refractivity (Wildman–Crippen MR) is 111 cm³/mol. The van der Waals surface area contributed by atoms with E-state index < -0.39 is 0 Å². The molecule has 5 heteroatoms. The number of Topliss-reactive ketones (excluding diaryl/α,β-unsaturated/α-hetero) is 1. The molecule has 0 aromatic heterocycles. The quantitative estimate of drug-likeness (QED) is 0.808. The van der Waals surface area contributed by atoms with Gasteiger partial charge in [-0.3, -0.25) is 14.6 Å². The number of dihydropyridines is 1. The lowest BCUT2D eigenvalue weighted by atomic mass is 9.83. The lowest BCUT2D eigenvalue weighted by molar-refractivity contribution is -0.114. The Morgan fingerprint density at radius 2 is 1.82 bits per heavy atom. The third-order valence-electron chi connectivity index (χ3n) is 6.22. The average molecular weight is 380 g/mol. The number of nitrogens with zero attached hydrogens (tertiary/aromatic N) is 3. The van der Waals surface area contributed by atoms with Gasteiger partial charge < -0.3 is 9.80 Å². The molecular weight excluding hydrogens is 350 g/mol. The van der Waals surface area contributed by atoms with Gasteiger partial charge in [-0.1, -0.05) is 19.1 Å². The second kappa shape index (κ2) is 8.39. The van der Waals surface area contributed by atoms with Gasteiger partial charge in [-0.2, -0.15) is 0 Å². The second-order valence-electron chi connectivity index (χ2n) is 7.95. The van der Waals surface area contributed by atoms with E-state index in [0.717, 1.165) is 80.8 Å². The summed E-state index contributed by atoms with van der Waals surface area (Å²) in [6.45, 7) is 6.97. The Morgan fingerprint density at radius 1 is 1.07 bits per heavy atom. The molecule has 0 bridgehead atoms. The number of aliphatic imine (C=N–C) groups is 1. The topological polar surface area (TPSA) is 53.0 Å². The number of piperazine rings is 1. The van der Waals surface area contributed by atoms with E-state index in [1.165, 1.54) is 5.57 Å². The zero-order chi connectivity index (χ0) is 19.5. The van der Waals surface area contributed by atoms with Crippen LogP contribution in [0.5, 0.6) is 0 Å². The molecule has 1 fully saturated rings. The lowest BCUT2D eigenvalue weighted by Gasteiger charge is -2.34. The summed E-state index contributed by atoms with van der Waals surface area (Å²) in [7, 11) is 0. The molecule has 1 saturated heterocycles. The fourth-order valence-corrected chi connectivity index (χ4v) is 4.51. The van der Waals surface area contributed by atoms with Crippen LogP contribution in [0.1, 0.15) is 48.5 Å². The highest BCUT2D eigenvalue weighted by Crippen LogP contribution is 2.30. The highest BCUT2D eigenvalue weighted by atomic mass is 16.2. The van der Waals surface area contributed by atoms with Gasteiger partial charge in [-0.05, 0) is 55.5 Å². The van der Waals surface area contributed by atoms with Gasteiger partial charge in [0.2, 0.25) is 0 Å². The molecule has 0 atom stereocenters. The molecule has 1 aliphatic carbocycles. The van der Waals surface area contributed by atoms with E-state index in [-0.39, 0.29) is 18.2 Å². The van der Waals surface area contributed by atoms with Crippen molar-refractivity contribution in [2.75, 3.05) is 39.3 Å². The monoisotopic (exact) mass is 379 g/mol. The average Bonchev–Trinajstić information content (AvgIpc) is 2.76. The van der Waals surface area contributed by atoms with Gasteiger partial charge in [0.05, 0.1) is 0 Å². The molecule has 0 spiro atoms. The molecular formula is C23H29N3O2. The van der Waals surface area contributed by atoms with Crippen LogP contribution in [0.3, 0.4) is 0 Å². The van der Waals surface area contributed by atoms with Crippen molar-refractivity contribution < 1.29 is 9.59 Å². The fraction of sp³-hybridized carbons (Fsp3) is 0.522. The van der Waals surface area contributed by atoms with Gasteiger partial charge in [0.25, 0.3) is 5.91 Å². The summed E-state index contributed by atoms with van der Waals surface area (Å²) in [5, 5.41) is 0. The van der Waals surface area contributed by atoms with Gasteiger partial charge in [-0.25, -0.2) is 0 Å². The maximum Gasteiger partial charge on any atom is 0.253 e. The second-order valence-corrected chi connectivity index (χ2v) is 7.95. The van der Waals surface area contributed by atoms with Crippen LogP contribution in [-0.4, -0.2) is 66.5 Å². The summed E-state index contributed by atoms with van der Waals surface area (Å²) in [6.07, 6.45) is 4.80. The Kier molecular flexibility index (Phi) is 5.72. The van der Waals surface area contributed by atoms with Crippen LogP contribution >= 0.6 is 0 Å². The number of ketones is 1. The molecule has 4 rings (SSSR count). The molecule has 0 N–H and O–H groups in total. The van der Waals surface area contributed by atoms with Gasteiger partial charge in [0.1, 0.15) is 6.54 Å². The summed E-state index contributed by atoms with van der Waals surface area (Å²) >= 11 is 0. The van der Waals surface area contributed by atoms with Crippen LogP contribution in [-0.2, 0) is 11.2 Å². The Morgan fingerprint density at radius 3 is 2.57 bits per heavy atom. The van der Waals surface area contributed by atoms with Crippen molar-refractivity contribution in [3.8, 4) is 0 Å². The zero-order valence-corrected chi connectivity index (χ0v) is 16.7. The first-order valence-corrected chi connectivity index (χ1v) is 10.5. The maximum atomic E-state index is 12.9. The maximum absolute atomic E-state index is 12.9. The van der Waals surface area contributed by atoms with E-state index in [2.05, 4.69) is 22.9 Å². The van der Waals surface area contributed by atoms with Crippen molar-refractivity contribution in [2.45, 2.75) is 39.0 Å². The first-order valence-electron chi connectivity index (χ1n) is 10.5. The molecule has 5 nitrogen and oxygen atoms in total. The number of carbonyl (C=O) groups is 2. The van der Waals surface area contributed by atoms with Crippen molar-refractivity contribution in [2.24, 2.45) is 4.99 Å². The normalized spacial score (nSPS) is 20.8. The number of hydrogen-bond donors (Lipinski definition) is 0. The molecule has 1 aromatic carbocycles. The predicted octanol–water partition coefficient (Wildman–Crippen LogP) is 2.90. The largest absolute Gasteiger partial charge is 0.336 e. The third kappa shape index (κ3) is 3.95. The SMILES string of the molecule is CCN1CCN(C(=O)c2cccc(CC3=NCC(=O)C4=C3CCCC4)c2)CC1. The van der Waals surface area contributed by atoms with Crippen molar-refractivity contribution in [3.05, 3.63) is 46.5 Å². The standard InChI is InChI=1S/C23H29N3O2/c1-2-25-10-12-26(13-11-25)23(28)18-7-5-6-17(14-18)15-21-19-8-3-4-9-20(19)22(27)16-24-21/h5-7,14H,2-4,8-13,15-16H2,1H3. The van der Waals surface area contributed by atoms with Gasteiger partial charge in [0.15, 0.2) is 5.78 Å². The molecule has 0 unspecified atom stereocenters. The first-order chi connectivity index (χ1) is 13.7. The zero-order valence-electron chi connectivity index (χ0n) is 16.7. The number of benzene rings is 1. The summed E-state index contributed by atoms with van der Waals surface area (Å²) in [5.41, 5.74) is 5.10. The first kappa shape index (κ1) is 19.1. The summed E-state index contributed by atoms with van der Waals surface area (Å²) in [6, 6.07) is 7.95. The Hall–Kier alpha value is -2.27. The van der Waals surface area contributed by atoms with Crippen LogP contribution in [0.4, 0.5) is 0 Å². The summed E-state index contributed by atoms with van der Waals surface area (Å²) in [5.74, 6) is 0.324. The van der Waals surface area contributed by atoms with Crippen LogP contribution in [0, 0.1) is 0 Å². The lowest BCUT2D eigenvalue weighted by Crippen LogP contribution is -2.48. The van der Waals surface area contributed by atoms with Crippen molar-refractivity contribution in [1.29, 1.82) is 0 Å². The molecule has 1 aromatic rings. The van der Waals surface area contributed by atoms with E-state index in [4.69, 9.17) is 0 Å². The molecule has 2 heterocycles. The number of allylic oxidation sites excluding steroid dienone is 1. The molecule has 0 radical (unpaired) electrons. The highest BCUT2D eigenvalue weighted by Gasteiger charge is 2.26. The van der Waals surface area contributed by atoms with Crippen molar-refractivity contribution >= 4 is 17.4 Å². The Balaban J connectivity index is 1.48. The van der Waals surface area contributed by atoms with Crippen molar-refractivity contribution in [3.63, 3.8) is 0 Å². The van der Waals surface area contributed by atoms with Crippen LogP contribution in [0.2, 0.25) is 0 Å². The number of hydrogen-bond acceptors (Lipinski definition) is 4. The fourth-order valence-electron chi connectivity index (χ4n) is 4.51. The minimum atomic E-state index is 0.121. The highest BCUT2D eigenvalue weighted by molar-refractivity contribution is 6.14. The molecule has 0 saturated carbocycles. The minimum Gasteiger partial charge on any atom is -0.336 e. The van der Waals surface area contributed by atoms with E-state index in [9.17, 15) is 9.59 Å². The smallest absolute Gasteiger partial charge is 0.253 e. The number of likely N-dealkylation sites (N-methyl/N-ethyl adjacent to an activating group) is 1. The molecule has 1 amide bonds. The summed E-state index contributed by atoms with van der Waals surface area (Å²) in [4.78, 5) is 34.0. The Bertz CT molecular complexity index is 832. The van der Waals surface area contributed by atoms with Gasteiger partial charge in [0, 0.05) is 49.4 Å². The third-order valence-corrected chi connectivity index (χ3v) is 6.22. The molecule has 28 heavy (non-hydrogen) atoms. The minimum absolute atomic E-state index is 0.121. The van der Waals surface area contributed by atoms with E-state index >= 15 is 0 Å². The molecule has 148 valence electrons. The summed E-state index contributed by atoms with van der Waals surface area (Å²) < 4.78 is 0. The number of rotatable bonds is 4. The number of amides is 1. The van der Waals surface area contributed by atoms with Gasteiger partial charge >= 0.3 is 0 Å². The van der Waals surface area contributed by atoms with Crippen LogP contribution in [0.25, 0.3) is 0 Å². The molecule has 2 aliphatic heterocycles. The van der Waals surface area contributed by atoms with E-state index in [1.807, 2.05) is 23.1 Å². The Labute approximate surface area is 167 Å². The van der Waals surface area contributed by atoms with E-state index in [1.54, 1.807) is 0 Å². The van der Waals surface area contributed by atoms with Crippen molar-refractivity contribution in [1.82, 2.24) is 9.80 Å². The van der Waals surface area contributed by atoms with Crippen LogP contribution in [0.15, 0.2) is 40.4 Å². The molecule has 3 aliphatic rings. The number of carbonyl (C=O) groups excluding carboxylic acids is 2. The van der Waals surface area contributed by atoms with Gasteiger partial charge in [-0.15, -0.1) is 0 Å². The van der Waals surface area contributed by atoms with Crippen LogP contribution < -0.4 is 0 Å². The van der Waals surface area contributed by atoms with E-state index in [0.29, 0.717) is 6.42 Å².